The smallest absolute Gasteiger partial charge is 0.241 e. The lowest BCUT2D eigenvalue weighted by Gasteiger charge is -2.36. The number of amides is 1. The van der Waals surface area contributed by atoms with Crippen LogP contribution in [0.4, 0.5) is 0 Å². The lowest BCUT2D eigenvalue weighted by molar-refractivity contribution is -0.130. The summed E-state index contributed by atoms with van der Waals surface area (Å²) in [5, 5.41) is 3.46. The minimum Gasteiger partial charge on any atom is -0.319 e. The highest BCUT2D eigenvalue weighted by Gasteiger charge is 2.39. The molecular formula is C16H25N3OS. The third-order valence-electron chi connectivity index (χ3n) is 4.73. The van der Waals surface area contributed by atoms with Gasteiger partial charge in [0.05, 0.1) is 6.04 Å². The number of hydrogen-bond donors (Lipinski definition) is 1. The third kappa shape index (κ3) is 3.00. The van der Waals surface area contributed by atoms with E-state index in [2.05, 4.69) is 41.2 Å². The summed E-state index contributed by atoms with van der Waals surface area (Å²) in [6, 6.07) is 4.71. The average molecular weight is 307 g/mol. The second-order valence-electron chi connectivity index (χ2n) is 6.36. The first-order valence-electron chi connectivity index (χ1n) is 7.89. The molecule has 2 saturated heterocycles. The molecule has 0 spiro atoms. The third-order valence-corrected chi connectivity index (χ3v) is 5.79. The van der Waals surface area contributed by atoms with E-state index in [4.69, 9.17) is 0 Å². The SMILES string of the molecule is Cc1ccc(C2NC(C)C(=O)N2CC2CCCCN2C)s1. The number of carbonyl (C=O) groups excluding carboxylic acids is 1. The van der Waals surface area contributed by atoms with Crippen LogP contribution in [-0.2, 0) is 4.79 Å². The fraction of sp³-hybridized carbons (Fsp3) is 0.688. The van der Waals surface area contributed by atoms with Crippen LogP contribution in [0.1, 0.15) is 42.1 Å². The van der Waals surface area contributed by atoms with Crippen LogP contribution < -0.4 is 5.32 Å². The minimum atomic E-state index is -0.0775. The van der Waals surface area contributed by atoms with Crippen LogP contribution in [0.3, 0.4) is 0 Å². The van der Waals surface area contributed by atoms with Gasteiger partial charge in [0.25, 0.3) is 0 Å². The quantitative estimate of drug-likeness (QED) is 0.931. The van der Waals surface area contributed by atoms with Crippen molar-refractivity contribution in [2.45, 2.75) is 51.4 Å². The molecule has 1 amide bonds. The predicted octanol–water partition coefficient (Wildman–Crippen LogP) is 2.36. The lowest BCUT2D eigenvalue weighted by Crippen LogP contribution is -2.46. The average Bonchev–Trinajstić information content (AvgIpc) is 3.00. The largest absolute Gasteiger partial charge is 0.319 e. The Hall–Kier alpha value is -0.910. The molecule has 2 fully saturated rings. The van der Waals surface area contributed by atoms with Crippen LogP contribution in [0, 0.1) is 6.92 Å². The Morgan fingerprint density at radius 1 is 1.38 bits per heavy atom. The second-order valence-corrected chi connectivity index (χ2v) is 7.68. The number of likely N-dealkylation sites (N-methyl/N-ethyl adjacent to an activating group) is 1. The number of likely N-dealkylation sites (tertiary alicyclic amines) is 1. The van der Waals surface area contributed by atoms with Gasteiger partial charge in [0.15, 0.2) is 0 Å². The van der Waals surface area contributed by atoms with Crippen molar-refractivity contribution in [3.05, 3.63) is 21.9 Å². The molecule has 5 heteroatoms. The molecule has 3 heterocycles. The zero-order valence-corrected chi connectivity index (χ0v) is 13.9. The van der Waals surface area contributed by atoms with Crippen molar-refractivity contribution in [3.8, 4) is 0 Å². The van der Waals surface area contributed by atoms with Crippen LogP contribution in [0.2, 0.25) is 0 Å². The van der Waals surface area contributed by atoms with Gasteiger partial charge in [-0.3, -0.25) is 10.1 Å². The monoisotopic (exact) mass is 307 g/mol. The Morgan fingerprint density at radius 3 is 2.86 bits per heavy atom. The number of nitrogens with zero attached hydrogens (tertiary/aromatic N) is 2. The second kappa shape index (κ2) is 6.07. The van der Waals surface area contributed by atoms with Gasteiger partial charge in [-0.05, 0) is 52.4 Å². The van der Waals surface area contributed by atoms with E-state index in [1.807, 2.05) is 6.92 Å². The summed E-state index contributed by atoms with van der Waals surface area (Å²) in [5.74, 6) is 0.241. The summed E-state index contributed by atoms with van der Waals surface area (Å²) >= 11 is 1.79. The highest BCUT2D eigenvalue weighted by Crippen LogP contribution is 2.31. The van der Waals surface area contributed by atoms with Gasteiger partial charge in [-0.2, -0.15) is 0 Å². The Kier molecular flexibility index (Phi) is 4.33. The molecule has 2 aliphatic heterocycles. The maximum atomic E-state index is 12.5. The molecule has 1 N–H and O–H groups in total. The van der Waals surface area contributed by atoms with Gasteiger partial charge in [-0.1, -0.05) is 6.42 Å². The van der Waals surface area contributed by atoms with Crippen LogP contribution in [0.25, 0.3) is 0 Å². The number of aryl methyl sites for hydroxylation is 1. The van der Waals surface area contributed by atoms with Crippen LogP contribution in [-0.4, -0.2) is 47.9 Å². The molecule has 0 aromatic carbocycles. The Bertz CT molecular complexity index is 515. The van der Waals surface area contributed by atoms with Gasteiger partial charge in [-0.15, -0.1) is 11.3 Å². The van der Waals surface area contributed by atoms with E-state index in [9.17, 15) is 4.79 Å². The number of piperidine rings is 1. The summed E-state index contributed by atoms with van der Waals surface area (Å²) in [6.07, 6.45) is 3.82. The topological polar surface area (TPSA) is 35.6 Å². The Morgan fingerprint density at radius 2 is 2.19 bits per heavy atom. The van der Waals surface area contributed by atoms with Crippen LogP contribution in [0.5, 0.6) is 0 Å². The van der Waals surface area contributed by atoms with E-state index >= 15 is 0 Å². The number of rotatable bonds is 3. The van der Waals surface area contributed by atoms with Crippen molar-refractivity contribution in [2.75, 3.05) is 20.1 Å². The molecule has 2 aliphatic rings. The molecule has 4 nitrogen and oxygen atoms in total. The zero-order chi connectivity index (χ0) is 15.0. The van der Waals surface area contributed by atoms with Crippen LogP contribution in [0.15, 0.2) is 12.1 Å². The maximum absolute atomic E-state index is 12.5. The molecule has 0 radical (unpaired) electrons. The van der Waals surface area contributed by atoms with Gasteiger partial charge in [0.1, 0.15) is 6.17 Å². The van der Waals surface area contributed by atoms with Crippen molar-refractivity contribution in [1.29, 1.82) is 0 Å². The first-order chi connectivity index (χ1) is 10.1. The number of carbonyl (C=O) groups is 1. The summed E-state index contributed by atoms with van der Waals surface area (Å²) in [4.78, 5) is 19.5. The van der Waals surface area contributed by atoms with Crippen molar-refractivity contribution in [3.63, 3.8) is 0 Å². The molecule has 0 bridgehead atoms. The van der Waals surface area contributed by atoms with Crippen molar-refractivity contribution < 1.29 is 4.79 Å². The van der Waals surface area contributed by atoms with Gasteiger partial charge in [-0.25, -0.2) is 0 Å². The fourth-order valence-corrected chi connectivity index (χ4v) is 4.36. The molecule has 1 aromatic heterocycles. The predicted molar refractivity (Wildman–Crippen MR) is 86.4 cm³/mol. The summed E-state index contributed by atoms with van der Waals surface area (Å²) < 4.78 is 0. The van der Waals surface area contributed by atoms with Gasteiger partial charge in [0.2, 0.25) is 5.91 Å². The molecule has 21 heavy (non-hydrogen) atoms. The Labute approximate surface area is 131 Å². The number of thiophene rings is 1. The van der Waals surface area contributed by atoms with E-state index in [1.54, 1.807) is 11.3 Å². The van der Waals surface area contributed by atoms with Gasteiger partial charge < -0.3 is 9.80 Å². The standard InChI is InChI=1S/C16H25N3OS/c1-11-7-8-14(21-11)15-17-12(2)16(20)19(15)10-13-6-4-5-9-18(13)3/h7-8,12-13,15,17H,4-6,9-10H2,1-3H3. The minimum absolute atomic E-state index is 0.0570. The maximum Gasteiger partial charge on any atom is 0.241 e. The fourth-order valence-electron chi connectivity index (χ4n) is 3.41. The summed E-state index contributed by atoms with van der Waals surface area (Å²) in [7, 11) is 2.19. The van der Waals surface area contributed by atoms with Crippen molar-refractivity contribution in [2.24, 2.45) is 0 Å². The molecule has 3 atom stereocenters. The molecular weight excluding hydrogens is 282 g/mol. The van der Waals surface area contributed by atoms with E-state index in [0.29, 0.717) is 6.04 Å². The normalized spacial score (nSPS) is 31.1. The van der Waals surface area contributed by atoms with Gasteiger partial charge in [0, 0.05) is 22.3 Å². The Balaban J connectivity index is 1.77. The first-order valence-corrected chi connectivity index (χ1v) is 8.71. The summed E-state index contributed by atoms with van der Waals surface area (Å²) in [6.45, 7) is 6.08. The van der Waals surface area contributed by atoms with Crippen molar-refractivity contribution in [1.82, 2.24) is 15.1 Å². The van der Waals surface area contributed by atoms with E-state index in [-0.39, 0.29) is 18.1 Å². The number of nitrogens with one attached hydrogen (secondary N) is 1. The molecule has 3 rings (SSSR count). The highest BCUT2D eigenvalue weighted by atomic mass is 32.1. The zero-order valence-electron chi connectivity index (χ0n) is 13.1. The number of hydrogen-bond acceptors (Lipinski definition) is 4. The van der Waals surface area contributed by atoms with Crippen molar-refractivity contribution >= 4 is 17.2 Å². The van der Waals surface area contributed by atoms with Gasteiger partial charge >= 0.3 is 0 Å². The molecule has 3 unspecified atom stereocenters. The first kappa shape index (κ1) is 15.0. The van der Waals surface area contributed by atoms with E-state index in [0.717, 1.165) is 13.1 Å². The highest BCUT2D eigenvalue weighted by molar-refractivity contribution is 7.12. The lowest BCUT2D eigenvalue weighted by atomic mass is 10.0. The molecule has 1 aromatic rings. The van der Waals surface area contributed by atoms with E-state index < -0.39 is 0 Å². The molecule has 0 aliphatic carbocycles. The van der Waals surface area contributed by atoms with E-state index in [1.165, 1.54) is 29.0 Å². The molecule has 0 saturated carbocycles. The van der Waals surface area contributed by atoms with Crippen LogP contribution >= 0.6 is 11.3 Å². The molecule has 116 valence electrons. The summed E-state index contributed by atoms with van der Waals surface area (Å²) in [5.41, 5.74) is 0.